The van der Waals surface area contributed by atoms with Crippen LogP contribution in [0.1, 0.15) is 16.1 Å². The number of furan rings is 1. The molecule has 1 heterocycles. The SMILES string of the molecule is O=C(O)c1cc(S(=O)(=O)O)c(Nc2ccc(S(=O)(=O)O)cc2)cc1NCc1ccco1. The van der Waals surface area contributed by atoms with Crippen LogP contribution in [0.15, 0.2) is 69.0 Å². The van der Waals surface area contributed by atoms with E-state index in [-0.39, 0.29) is 28.5 Å². The second-order valence-corrected chi connectivity index (χ2v) is 9.04. The molecule has 0 atom stereocenters. The van der Waals surface area contributed by atoms with Crippen molar-refractivity contribution in [3.63, 3.8) is 0 Å². The molecule has 13 heteroatoms. The van der Waals surface area contributed by atoms with Crippen LogP contribution < -0.4 is 10.6 Å². The summed E-state index contributed by atoms with van der Waals surface area (Å²) in [6.07, 6.45) is 1.43. The van der Waals surface area contributed by atoms with Crippen molar-refractivity contribution >= 4 is 43.3 Å². The number of aromatic carboxylic acids is 1. The van der Waals surface area contributed by atoms with Crippen molar-refractivity contribution in [3.8, 4) is 0 Å². The quantitative estimate of drug-likeness (QED) is 0.306. The molecular weight excluding hydrogens is 452 g/mol. The summed E-state index contributed by atoms with van der Waals surface area (Å²) in [7, 11) is -9.25. The summed E-state index contributed by atoms with van der Waals surface area (Å²) >= 11 is 0. The van der Waals surface area contributed by atoms with Gasteiger partial charge in [0.2, 0.25) is 0 Å². The van der Waals surface area contributed by atoms with E-state index in [2.05, 4.69) is 10.6 Å². The van der Waals surface area contributed by atoms with Gasteiger partial charge in [-0.05, 0) is 48.5 Å². The van der Waals surface area contributed by atoms with Crippen molar-refractivity contribution < 1.29 is 40.3 Å². The number of rotatable bonds is 8. The van der Waals surface area contributed by atoms with Gasteiger partial charge >= 0.3 is 5.97 Å². The average Bonchev–Trinajstić information content (AvgIpc) is 3.18. The van der Waals surface area contributed by atoms with E-state index in [4.69, 9.17) is 8.97 Å². The maximum absolute atomic E-state index is 11.8. The zero-order valence-corrected chi connectivity index (χ0v) is 17.1. The average molecular weight is 468 g/mol. The van der Waals surface area contributed by atoms with Gasteiger partial charge < -0.3 is 20.2 Å². The highest BCUT2D eigenvalue weighted by atomic mass is 32.2. The lowest BCUT2D eigenvalue weighted by Gasteiger charge is -2.16. The number of carboxylic acids is 1. The molecule has 0 aliphatic heterocycles. The summed E-state index contributed by atoms with van der Waals surface area (Å²) < 4.78 is 69.8. The Morgan fingerprint density at radius 1 is 0.935 bits per heavy atom. The number of anilines is 3. The third-order valence-corrected chi connectivity index (χ3v) is 5.85. The minimum atomic E-state index is -4.82. The van der Waals surface area contributed by atoms with Crippen molar-refractivity contribution in [2.24, 2.45) is 0 Å². The molecule has 0 radical (unpaired) electrons. The van der Waals surface area contributed by atoms with Gasteiger partial charge in [-0.3, -0.25) is 9.11 Å². The molecule has 0 unspecified atom stereocenters. The first-order valence-electron chi connectivity index (χ1n) is 8.45. The molecule has 0 amide bonds. The summed E-state index contributed by atoms with van der Waals surface area (Å²) in [6.45, 7) is 0.0982. The van der Waals surface area contributed by atoms with E-state index in [1.54, 1.807) is 12.1 Å². The first kappa shape index (κ1) is 22.3. The van der Waals surface area contributed by atoms with Gasteiger partial charge in [-0.2, -0.15) is 16.8 Å². The fourth-order valence-corrected chi connectivity index (χ4v) is 3.81. The highest BCUT2D eigenvalue weighted by Gasteiger charge is 2.22. The molecule has 164 valence electrons. The Bertz CT molecular complexity index is 1320. The van der Waals surface area contributed by atoms with Gasteiger partial charge in [0.15, 0.2) is 0 Å². The predicted octanol–water partition coefficient (Wildman–Crippen LogP) is 2.83. The Morgan fingerprint density at radius 2 is 1.61 bits per heavy atom. The molecule has 31 heavy (non-hydrogen) atoms. The number of hydrogen-bond donors (Lipinski definition) is 5. The minimum absolute atomic E-state index is 0.0355. The topological polar surface area (TPSA) is 183 Å². The van der Waals surface area contributed by atoms with Crippen LogP contribution >= 0.6 is 0 Å². The molecule has 3 rings (SSSR count). The number of carbonyl (C=O) groups is 1. The number of benzene rings is 2. The van der Waals surface area contributed by atoms with E-state index in [0.717, 1.165) is 18.2 Å². The molecule has 0 spiro atoms. The highest BCUT2D eigenvalue weighted by molar-refractivity contribution is 7.86. The predicted molar refractivity (Wildman–Crippen MR) is 109 cm³/mol. The van der Waals surface area contributed by atoms with Gasteiger partial charge in [-0.25, -0.2) is 4.79 Å². The van der Waals surface area contributed by atoms with Gasteiger partial charge in [0.1, 0.15) is 10.7 Å². The highest BCUT2D eigenvalue weighted by Crippen LogP contribution is 2.32. The molecule has 0 bridgehead atoms. The van der Waals surface area contributed by atoms with Crippen LogP contribution in [0.25, 0.3) is 0 Å². The smallest absolute Gasteiger partial charge is 0.337 e. The van der Waals surface area contributed by atoms with Crippen molar-refractivity contribution in [1.29, 1.82) is 0 Å². The Balaban J connectivity index is 2.04. The van der Waals surface area contributed by atoms with Crippen LogP contribution in [0, 0.1) is 0 Å². The Morgan fingerprint density at radius 3 is 2.13 bits per heavy atom. The van der Waals surface area contributed by atoms with E-state index < -0.39 is 36.7 Å². The Labute approximate surface area is 176 Å². The van der Waals surface area contributed by atoms with Crippen LogP contribution in [0.4, 0.5) is 17.1 Å². The molecular formula is C18H16N2O9S2. The number of nitrogens with one attached hydrogen (secondary N) is 2. The maximum atomic E-state index is 11.8. The maximum Gasteiger partial charge on any atom is 0.337 e. The normalized spacial score (nSPS) is 11.8. The summed E-state index contributed by atoms with van der Waals surface area (Å²) in [5.74, 6) is -0.943. The fraction of sp³-hybridized carbons (Fsp3) is 0.0556. The van der Waals surface area contributed by atoms with Crippen LogP contribution in [-0.2, 0) is 26.8 Å². The van der Waals surface area contributed by atoms with E-state index in [9.17, 15) is 31.3 Å². The van der Waals surface area contributed by atoms with Crippen LogP contribution in [0.2, 0.25) is 0 Å². The van der Waals surface area contributed by atoms with E-state index >= 15 is 0 Å². The van der Waals surface area contributed by atoms with E-state index in [1.165, 1.54) is 24.5 Å². The molecule has 0 saturated heterocycles. The second-order valence-electron chi connectivity index (χ2n) is 6.23. The second kappa shape index (κ2) is 8.39. The molecule has 5 N–H and O–H groups in total. The summed E-state index contributed by atoms with van der Waals surface area (Å²) in [5, 5.41) is 15.0. The fourth-order valence-electron chi connectivity index (χ4n) is 2.68. The van der Waals surface area contributed by atoms with Crippen molar-refractivity contribution in [1.82, 2.24) is 0 Å². The zero-order valence-electron chi connectivity index (χ0n) is 15.5. The first-order valence-corrected chi connectivity index (χ1v) is 11.3. The third kappa shape index (κ3) is 5.40. The van der Waals surface area contributed by atoms with Gasteiger partial charge in [0.05, 0.1) is 34.6 Å². The monoisotopic (exact) mass is 468 g/mol. The van der Waals surface area contributed by atoms with Gasteiger partial charge in [0.25, 0.3) is 20.2 Å². The van der Waals surface area contributed by atoms with Gasteiger partial charge in [-0.1, -0.05) is 0 Å². The number of hydrogen-bond acceptors (Lipinski definition) is 8. The van der Waals surface area contributed by atoms with E-state index in [0.29, 0.717) is 5.76 Å². The number of carboxylic acid groups (broad SMARTS) is 1. The summed E-state index contributed by atoms with van der Waals surface area (Å²) in [4.78, 5) is 10.5. The van der Waals surface area contributed by atoms with Crippen LogP contribution in [0.5, 0.6) is 0 Å². The van der Waals surface area contributed by atoms with Gasteiger partial charge in [-0.15, -0.1) is 0 Å². The van der Waals surface area contributed by atoms with Crippen molar-refractivity contribution in [2.75, 3.05) is 10.6 Å². The zero-order chi connectivity index (χ0) is 22.8. The largest absolute Gasteiger partial charge is 0.478 e. The van der Waals surface area contributed by atoms with Crippen molar-refractivity contribution in [3.05, 3.63) is 66.1 Å². The molecule has 2 aromatic carbocycles. The lowest BCUT2D eigenvalue weighted by atomic mass is 10.1. The molecule has 1 aromatic heterocycles. The third-order valence-electron chi connectivity index (χ3n) is 4.09. The lowest BCUT2D eigenvalue weighted by Crippen LogP contribution is -2.11. The molecule has 3 aromatic rings. The Hall–Kier alpha value is -3.39. The van der Waals surface area contributed by atoms with Crippen molar-refractivity contribution in [2.45, 2.75) is 16.3 Å². The van der Waals surface area contributed by atoms with Gasteiger partial charge in [0, 0.05) is 5.69 Å². The summed E-state index contributed by atoms with van der Waals surface area (Å²) in [6, 6.07) is 9.90. The molecule has 0 fully saturated rings. The first-order chi connectivity index (χ1) is 14.4. The summed E-state index contributed by atoms with van der Waals surface area (Å²) in [5.41, 5.74) is -0.341. The van der Waals surface area contributed by atoms with Crippen LogP contribution in [-0.4, -0.2) is 37.0 Å². The molecule has 0 saturated carbocycles. The minimum Gasteiger partial charge on any atom is -0.478 e. The molecule has 11 nitrogen and oxygen atoms in total. The standard InChI is InChI=1S/C18H16N2O9S2/c21-18(22)14-8-17(31(26,27)28)16(9-15(14)19-10-12-2-1-7-29-12)20-11-3-5-13(6-4-11)30(23,24)25/h1-9,19-20H,10H2,(H,21,22)(H,23,24,25)(H,26,27,28). The molecule has 0 aliphatic carbocycles. The lowest BCUT2D eigenvalue weighted by molar-refractivity contribution is 0.0697. The molecule has 0 aliphatic rings. The van der Waals surface area contributed by atoms with E-state index in [1.807, 2.05) is 0 Å². The Kier molecular flexibility index (Phi) is 6.03. The van der Waals surface area contributed by atoms with Crippen LogP contribution in [0.3, 0.4) is 0 Å².